The molecular weight excluding hydrogens is 1280 g/mol. The number of carbonyl (C=O) groups excluding carboxylic acids is 2. The predicted octanol–water partition coefficient (Wildman–Crippen LogP) is -4.81. The molecule has 0 amide bonds. The van der Waals surface area contributed by atoms with Crippen molar-refractivity contribution in [3.63, 3.8) is 0 Å². The van der Waals surface area contributed by atoms with Gasteiger partial charge in [0.25, 0.3) is 0 Å². The summed E-state index contributed by atoms with van der Waals surface area (Å²) in [5, 5.41) is 186. The predicted molar refractivity (Wildman–Crippen MR) is 316 cm³/mol. The minimum absolute atomic E-state index is 0.0459. The van der Waals surface area contributed by atoms with Crippen molar-refractivity contribution in [2.45, 2.75) is 297 Å². The molecule has 548 valence electrons. The number of carboxylic acids is 1. The van der Waals surface area contributed by atoms with Crippen LogP contribution in [0, 0.1) is 50.2 Å². The van der Waals surface area contributed by atoms with Crippen molar-refractivity contribution in [2.75, 3.05) is 19.8 Å². The highest BCUT2D eigenvalue weighted by atomic mass is 16.8. The van der Waals surface area contributed by atoms with Crippen molar-refractivity contribution in [1.29, 1.82) is 0 Å². The maximum absolute atomic E-state index is 16.0. The lowest BCUT2D eigenvalue weighted by molar-refractivity contribution is -0.382. The van der Waals surface area contributed by atoms with Crippen LogP contribution in [0.4, 0.5) is 0 Å². The summed E-state index contributed by atoms with van der Waals surface area (Å²) in [6.07, 6.45) is -45.6. The highest BCUT2D eigenvalue weighted by molar-refractivity contribution is 5.80. The Bertz CT molecular complexity index is 2800. The van der Waals surface area contributed by atoms with Gasteiger partial charge in [0.15, 0.2) is 43.7 Å². The van der Waals surface area contributed by atoms with Crippen LogP contribution in [0.15, 0.2) is 11.6 Å². The Labute approximate surface area is 553 Å². The number of carbonyl (C=O) groups is 3. The molecular formula is C64H100O32. The molecule has 11 aliphatic rings. The van der Waals surface area contributed by atoms with Gasteiger partial charge in [-0.05, 0) is 111 Å². The number of ether oxygens (including phenoxy) is 12. The van der Waals surface area contributed by atoms with E-state index in [4.69, 9.17) is 56.8 Å². The summed E-state index contributed by atoms with van der Waals surface area (Å²) in [5.41, 5.74) is -4.64. The second kappa shape index (κ2) is 27.5. The Kier molecular flexibility index (Phi) is 21.3. The van der Waals surface area contributed by atoms with Gasteiger partial charge in [0.1, 0.15) is 122 Å². The van der Waals surface area contributed by atoms with Crippen LogP contribution in [0.2, 0.25) is 0 Å². The third-order valence-electron chi connectivity index (χ3n) is 24.8. The van der Waals surface area contributed by atoms with E-state index in [1.54, 1.807) is 6.92 Å². The molecule has 2 unspecified atom stereocenters. The van der Waals surface area contributed by atoms with Crippen molar-refractivity contribution in [2.24, 2.45) is 50.2 Å². The molecule has 6 heterocycles. The lowest BCUT2D eigenvalue weighted by Crippen LogP contribution is -2.69. The van der Waals surface area contributed by atoms with E-state index in [0.29, 0.717) is 38.5 Å². The molecule has 0 radical (unpaired) electrons. The molecule has 0 aromatic rings. The fourth-order valence-electron chi connectivity index (χ4n) is 18.8. The minimum atomic E-state index is -2.12. The number of rotatable bonds is 16. The molecule has 38 atom stereocenters. The highest BCUT2D eigenvalue weighted by Gasteiger charge is 2.73. The molecule has 0 aromatic carbocycles. The zero-order valence-electron chi connectivity index (χ0n) is 54.9. The van der Waals surface area contributed by atoms with Crippen LogP contribution in [0.1, 0.15) is 113 Å². The Balaban J connectivity index is 0.873. The minimum Gasteiger partial charge on any atom is -0.479 e. The zero-order chi connectivity index (χ0) is 70.2. The number of aliphatic hydroxyl groups is 16. The van der Waals surface area contributed by atoms with Crippen LogP contribution >= 0.6 is 0 Å². The van der Waals surface area contributed by atoms with Gasteiger partial charge in [-0.1, -0.05) is 53.2 Å². The average Bonchev–Trinajstić information content (AvgIpc) is 0.753. The van der Waals surface area contributed by atoms with Crippen LogP contribution in [-0.4, -0.2) is 309 Å². The maximum atomic E-state index is 16.0. The first-order valence-electron chi connectivity index (χ1n) is 33.5. The number of carboxylic acid groups (broad SMARTS) is 1. The molecule has 0 aromatic heterocycles. The molecule has 32 nitrogen and oxygen atoms in total. The summed E-state index contributed by atoms with van der Waals surface area (Å²) in [7, 11) is 0. The van der Waals surface area contributed by atoms with Gasteiger partial charge < -0.3 is 148 Å². The van der Waals surface area contributed by atoms with E-state index in [-0.39, 0.29) is 25.2 Å². The Morgan fingerprint density at radius 1 is 0.542 bits per heavy atom. The maximum Gasteiger partial charge on any atom is 0.335 e. The Morgan fingerprint density at radius 3 is 1.74 bits per heavy atom. The van der Waals surface area contributed by atoms with E-state index in [1.807, 2.05) is 0 Å². The fourth-order valence-corrected chi connectivity index (χ4v) is 18.8. The van der Waals surface area contributed by atoms with Crippen molar-refractivity contribution in [1.82, 2.24) is 0 Å². The summed E-state index contributed by atoms with van der Waals surface area (Å²) >= 11 is 0. The quantitative estimate of drug-likeness (QED) is 0.0298. The average molecular weight is 1380 g/mol. The molecule has 10 fully saturated rings. The topological polar surface area (TPSA) is 506 Å². The number of hydrogen-bond acceptors (Lipinski definition) is 31. The molecule has 6 aliphatic heterocycles. The largest absolute Gasteiger partial charge is 0.479 e. The number of aldehydes is 1. The second-order valence-electron chi connectivity index (χ2n) is 30.7. The summed E-state index contributed by atoms with van der Waals surface area (Å²) in [6, 6.07) is 0. The van der Waals surface area contributed by atoms with Crippen LogP contribution in [-0.2, 0) is 71.2 Å². The third-order valence-corrected chi connectivity index (χ3v) is 24.8. The van der Waals surface area contributed by atoms with Gasteiger partial charge in [0.2, 0.25) is 6.29 Å². The van der Waals surface area contributed by atoms with Gasteiger partial charge in [0, 0.05) is 0 Å². The molecule has 11 rings (SSSR count). The van der Waals surface area contributed by atoms with E-state index < -0.39 is 260 Å². The summed E-state index contributed by atoms with van der Waals surface area (Å²) < 4.78 is 72.3. The van der Waals surface area contributed by atoms with Gasteiger partial charge in [0.05, 0.1) is 49.7 Å². The lowest BCUT2D eigenvalue weighted by atomic mass is 9.33. The normalized spacial score (nSPS) is 54.9. The Hall–Kier alpha value is -2.73. The lowest BCUT2D eigenvalue weighted by Gasteiger charge is -2.71. The van der Waals surface area contributed by atoms with Crippen molar-refractivity contribution in [3.05, 3.63) is 11.6 Å². The number of aliphatic hydroxyl groups excluding tert-OH is 16. The van der Waals surface area contributed by atoms with Crippen molar-refractivity contribution >= 4 is 18.2 Å². The summed E-state index contributed by atoms with van der Waals surface area (Å²) in [4.78, 5) is 42.4. The summed E-state index contributed by atoms with van der Waals surface area (Å²) in [6.45, 7) is 13.1. The van der Waals surface area contributed by atoms with Crippen molar-refractivity contribution in [3.8, 4) is 0 Å². The number of allylic oxidation sites excluding steroid dienone is 2. The zero-order valence-corrected chi connectivity index (χ0v) is 54.9. The molecule has 0 spiro atoms. The van der Waals surface area contributed by atoms with Crippen LogP contribution < -0.4 is 0 Å². The number of hydrogen-bond donors (Lipinski definition) is 17. The van der Waals surface area contributed by atoms with Crippen LogP contribution in [0.25, 0.3) is 0 Å². The molecule has 17 N–H and O–H groups in total. The van der Waals surface area contributed by atoms with Gasteiger partial charge in [-0.3, -0.25) is 4.79 Å². The molecule has 5 aliphatic carbocycles. The van der Waals surface area contributed by atoms with Gasteiger partial charge in [-0.2, -0.15) is 0 Å². The molecule has 96 heavy (non-hydrogen) atoms. The fraction of sp³-hybridized carbons (Fsp3) is 0.922. The molecule has 32 heteroatoms. The first-order chi connectivity index (χ1) is 45.0. The highest BCUT2D eigenvalue weighted by Crippen LogP contribution is 2.76. The van der Waals surface area contributed by atoms with Crippen LogP contribution in [0.3, 0.4) is 0 Å². The monoisotopic (exact) mass is 1380 g/mol. The number of aliphatic carboxylic acids is 1. The van der Waals surface area contributed by atoms with E-state index in [1.165, 1.54) is 13.8 Å². The van der Waals surface area contributed by atoms with Gasteiger partial charge in [-0.25, -0.2) is 4.79 Å². The standard InChI is InChI=1S/C64H100O32/c1-23-34(70)47(92-54-43(79)37(73)29(20-66)89-54)50(95-53-45(81)41(77)46(24(2)87-53)91-52-42(78)35(71)27(68)21-85-52)57(86-23)96-58(84)64-16-15-59(3,4)17-26(64)25-9-10-31-60(5)13-12-33(61(6,22-67)30(60)11-14-62(31,7)63(25,8)18-32(64)69)90-56-49(40(76)39(75)48(93-56)51(82)83)94-55-44(80)38(74)36(72)28(19-65)88-55/h9,22-24,26-50,52-57,65-66,68-81H,10-21H2,1-8H3,(H,82,83)/t23-,24+,26+,27-,28-,29+,30?,31?,32-,33+,34+,35+,36+,37+,38+,39+,40+,41+,42-,43-,44-,45-,46+,47+,48+,49-,50-,52+,53+,54+,55+,56-,57+,60+,61+,62-,63-,64-/m1/s1. The van der Waals surface area contributed by atoms with E-state index in [0.717, 1.165) is 11.9 Å². The molecule has 4 saturated carbocycles. The van der Waals surface area contributed by atoms with E-state index in [9.17, 15) is 96.4 Å². The molecule has 6 saturated heterocycles. The van der Waals surface area contributed by atoms with Crippen molar-refractivity contribution < 1.29 is 158 Å². The van der Waals surface area contributed by atoms with E-state index in [2.05, 4.69) is 40.7 Å². The van der Waals surface area contributed by atoms with Crippen LogP contribution in [0.5, 0.6) is 0 Å². The third kappa shape index (κ3) is 12.3. The first kappa shape index (κ1) is 74.5. The number of esters is 1. The smallest absolute Gasteiger partial charge is 0.335 e. The van der Waals surface area contributed by atoms with Gasteiger partial charge in [-0.15, -0.1) is 0 Å². The summed E-state index contributed by atoms with van der Waals surface area (Å²) in [5.74, 6) is -3.89. The first-order valence-corrected chi connectivity index (χ1v) is 33.5. The molecule has 0 bridgehead atoms. The van der Waals surface area contributed by atoms with E-state index >= 15 is 4.79 Å². The van der Waals surface area contributed by atoms with Gasteiger partial charge >= 0.3 is 11.9 Å². The SMILES string of the molecule is C[C@@H]1O[C@@H](O[C@H]2[C@H](OC(=O)[C@]34CCC(C)(C)C[C@H]3C3=CCC5[C@@]6(C)CC[C@H](O[C@@H]7O[C@H](C(=O)O)[C@@H](O)[C@H](O)[C@H]7O[C@@H]7O[C@H](CO)[C@H](O)[C@H](O)[C@H]7O)[C@@](C)(C=O)C6CC[C@@]5(C)[C@]3(C)C[C@H]4O)O[C@H](C)[C@H](O)[C@@H]2O[C@@H]2O[C@@H](CO)[C@H](O)[C@H]2O)[C@H](O)[C@H](O)[C@H]1O[C@@H]1OC[C@@H](O)[C@H](O)[C@H]1O. The Morgan fingerprint density at radius 2 is 1.10 bits per heavy atom. The second-order valence-corrected chi connectivity index (χ2v) is 30.7. The number of fused-ring (bicyclic) bond motifs is 7.